The van der Waals surface area contributed by atoms with Gasteiger partial charge in [0.25, 0.3) is 0 Å². The first-order valence-corrected chi connectivity index (χ1v) is 5.70. The molecule has 0 saturated heterocycles. The molecule has 0 bridgehead atoms. The van der Waals surface area contributed by atoms with Crippen LogP contribution in [0.1, 0.15) is 13.8 Å². The van der Waals surface area contributed by atoms with Crippen LogP contribution >= 0.6 is 0 Å². The highest BCUT2D eigenvalue weighted by Crippen LogP contribution is 2.02. The predicted molar refractivity (Wildman–Crippen MR) is 50.4 cm³/mol. The zero-order valence-corrected chi connectivity index (χ0v) is 9.08. The number of hydrogen-bond donors (Lipinski definition) is 0. The molecule has 0 fully saturated rings. The van der Waals surface area contributed by atoms with E-state index in [1.54, 1.807) is 14.0 Å². The van der Waals surface area contributed by atoms with Gasteiger partial charge in [-0.2, -0.15) is 0 Å². The summed E-state index contributed by atoms with van der Waals surface area (Å²) in [7, 11) is -0.156. The summed E-state index contributed by atoms with van der Waals surface area (Å²) in [6, 6.07) is 0.389. The van der Waals surface area contributed by atoms with Crippen LogP contribution in [0, 0.1) is 0 Å². The Morgan fingerprint density at radius 3 is 2.50 bits per heavy atom. The lowest BCUT2D eigenvalue weighted by atomic mass is 10.2. The Morgan fingerprint density at radius 2 is 2.17 bits per heavy atom. The molecule has 0 aliphatic rings. The highest BCUT2D eigenvalue weighted by molar-refractivity contribution is 6.50. The third-order valence-electron chi connectivity index (χ3n) is 1.44. The molecule has 0 aromatic heterocycles. The van der Waals surface area contributed by atoms with Crippen LogP contribution in [-0.2, 0) is 13.6 Å². The van der Waals surface area contributed by atoms with Gasteiger partial charge in [-0.3, -0.25) is 4.79 Å². The summed E-state index contributed by atoms with van der Waals surface area (Å²) in [4.78, 5) is 11.2. The SMILES string of the molecule is C=C(C)C(=O)C[SiH](OC)OCC. The van der Waals surface area contributed by atoms with E-state index in [1.807, 2.05) is 6.92 Å². The second-order valence-electron chi connectivity index (χ2n) is 2.53. The summed E-state index contributed by atoms with van der Waals surface area (Å²) in [5.74, 6) is 0.0435. The third kappa shape index (κ3) is 4.43. The average Bonchev–Trinajstić information content (AvgIpc) is 2.03. The van der Waals surface area contributed by atoms with Gasteiger partial charge >= 0.3 is 9.28 Å². The van der Waals surface area contributed by atoms with Gasteiger partial charge in [-0.1, -0.05) is 6.58 Å². The molecule has 0 aliphatic carbocycles. The number of allylic oxidation sites excluding steroid dienone is 1. The second kappa shape index (κ2) is 6.11. The van der Waals surface area contributed by atoms with Gasteiger partial charge in [-0.25, -0.2) is 0 Å². The van der Waals surface area contributed by atoms with E-state index in [0.29, 0.717) is 18.2 Å². The van der Waals surface area contributed by atoms with Crippen molar-refractivity contribution in [2.75, 3.05) is 13.7 Å². The number of rotatable bonds is 6. The third-order valence-corrected chi connectivity index (χ3v) is 3.38. The van der Waals surface area contributed by atoms with E-state index < -0.39 is 9.28 Å². The van der Waals surface area contributed by atoms with Crippen molar-refractivity contribution in [3.8, 4) is 0 Å². The Morgan fingerprint density at radius 1 is 1.58 bits per heavy atom. The Labute approximate surface area is 75.2 Å². The summed E-state index contributed by atoms with van der Waals surface area (Å²) in [6.07, 6.45) is 0. The van der Waals surface area contributed by atoms with Crippen molar-refractivity contribution in [3.63, 3.8) is 0 Å². The molecule has 0 aliphatic heterocycles. The lowest BCUT2D eigenvalue weighted by molar-refractivity contribution is -0.113. The largest absolute Gasteiger partial charge is 0.400 e. The first-order valence-electron chi connectivity index (χ1n) is 3.94. The number of Topliss-reactive ketones (excluding diaryl/α,β-unsaturated/α-hetero) is 1. The summed E-state index contributed by atoms with van der Waals surface area (Å²) < 4.78 is 10.3. The molecule has 1 atom stereocenters. The fourth-order valence-corrected chi connectivity index (χ4v) is 2.17. The summed E-state index contributed by atoms with van der Waals surface area (Å²) >= 11 is 0. The molecule has 0 radical (unpaired) electrons. The van der Waals surface area contributed by atoms with Crippen molar-refractivity contribution < 1.29 is 13.6 Å². The van der Waals surface area contributed by atoms with Crippen molar-refractivity contribution in [2.24, 2.45) is 0 Å². The van der Waals surface area contributed by atoms with E-state index in [2.05, 4.69) is 6.58 Å². The zero-order valence-electron chi connectivity index (χ0n) is 7.92. The second-order valence-corrected chi connectivity index (χ2v) is 4.60. The fraction of sp³-hybridized carbons (Fsp3) is 0.625. The molecule has 0 aromatic rings. The van der Waals surface area contributed by atoms with E-state index in [4.69, 9.17) is 8.85 Å². The maximum absolute atomic E-state index is 11.2. The zero-order chi connectivity index (χ0) is 9.56. The van der Waals surface area contributed by atoms with Crippen LogP contribution in [0.15, 0.2) is 12.2 Å². The van der Waals surface area contributed by atoms with E-state index in [1.165, 1.54) is 0 Å². The standard InChI is InChI=1S/C8H16O3Si/c1-5-11-12(10-4)6-8(9)7(2)3/h12H,2,5-6H2,1,3-4H3. The Balaban J connectivity index is 3.85. The quantitative estimate of drug-likeness (QED) is 0.461. The van der Waals surface area contributed by atoms with E-state index in [0.717, 1.165) is 0 Å². The first-order chi connectivity index (χ1) is 5.61. The Kier molecular flexibility index (Phi) is 5.88. The smallest absolute Gasteiger partial charge is 0.329 e. The van der Waals surface area contributed by atoms with Crippen molar-refractivity contribution in [1.29, 1.82) is 0 Å². The van der Waals surface area contributed by atoms with Crippen molar-refractivity contribution in [3.05, 3.63) is 12.2 Å². The van der Waals surface area contributed by atoms with Crippen molar-refractivity contribution >= 4 is 15.1 Å². The number of carbonyl (C=O) groups excluding carboxylic acids is 1. The molecular formula is C8H16O3Si. The van der Waals surface area contributed by atoms with Gasteiger partial charge in [0.2, 0.25) is 0 Å². The van der Waals surface area contributed by atoms with Gasteiger partial charge in [0.05, 0.1) is 6.04 Å². The molecule has 0 N–H and O–H groups in total. The van der Waals surface area contributed by atoms with Gasteiger partial charge < -0.3 is 8.85 Å². The fourth-order valence-electron chi connectivity index (χ4n) is 0.722. The molecule has 1 unspecified atom stereocenters. The minimum atomic E-state index is -1.74. The van der Waals surface area contributed by atoms with Crippen LogP contribution in [0.25, 0.3) is 0 Å². The number of ketones is 1. The minimum absolute atomic E-state index is 0.0435. The number of hydrogen-bond acceptors (Lipinski definition) is 3. The number of carbonyl (C=O) groups is 1. The van der Waals surface area contributed by atoms with E-state index in [-0.39, 0.29) is 5.78 Å². The maximum Gasteiger partial charge on any atom is 0.329 e. The summed E-state index contributed by atoms with van der Waals surface area (Å²) in [5, 5.41) is 0. The van der Waals surface area contributed by atoms with E-state index >= 15 is 0 Å². The molecule has 70 valence electrons. The van der Waals surface area contributed by atoms with Gasteiger partial charge in [0.1, 0.15) is 0 Å². The lowest BCUT2D eigenvalue weighted by Gasteiger charge is -2.11. The van der Waals surface area contributed by atoms with Gasteiger partial charge in [0, 0.05) is 13.7 Å². The van der Waals surface area contributed by atoms with Gasteiger partial charge in [0.15, 0.2) is 5.78 Å². The molecular weight excluding hydrogens is 172 g/mol. The van der Waals surface area contributed by atoms with Crippen LogP contribution in [0.5, 0.6) is 0 Å². The molecule has 0 heterocycles. The molecule has 0 aromatic carbocycles. The van der Waals surface area contributed by atoms with Crippen LogP contribution in [-0.4, -0.2) is 28.8 Å². The van der Waals surface area contributed by atoms with Crippen LogP contribution in [0.3, 0.4) is 0 Å². The Bertz CT molecular complexity index is 168. The molecule has 4 heteroatoms. The van der Waals surface area contributed by atoms with Crippen LogP contribution < -0.4 is 0 Å². The predicted octanol–water partition coefficient (Wildman–Crippen LogP) is 1.03. The minimum Gasteiger partial charge on any atom is -0.400 e. The average molecular weight is 188 g/mol. The molecule has 0 amide bonds. The van der Waals surface area contributed by atoms with Gasteiger partial charge in [-0.05, 0) is 19.4 Å². The molecule has 3 nitrogen and oxygen atoms in total. The normalized spacial score (nSPS) is 12.6. The van der Waals surface area contributed by atoms with Crippen LogP contribution in [0.2, 0.25) is 6.04 Å². The maximum atomic E-state index is 11.2. The molecule has 0 rings (SSSR count). The monoisotopic (exact) mass is 188 g/mol. The highest BCUT2D eigenvalue weighted by atomic mass is 28.3. The summed E-state index contributed by atoms with van der Waals surface area (Å²) in [5.41, 5.74) is 0.573. The highest BCUT2D eigenvalue weighted by Gasteiger charge is 2.16. The van der Waals surface area contributed by atoms with Gasteiger partial charge in [-0.15, -0.1) is 0 Å². The van der Waals surface area contributed by atoms with Crippen molar-refractivity contribution in [2.45, 2.75) is 19.9 Å². The van der Waals surface area contributed by atoms with E-state index in [9.17, 15) is 4.79 Å². The Hall–Kier alpha value is -0.453. The summed E-state index contributed by atoms with van der Waals surface area (Å²) in [6.45, 7) is 7.77. The first kappa shape index (κ1) is 11.5. The molecule has 12 heavy (non-hydrogen) atoms. The molecule has 0 saturated carbocycles. The topological polar surface area (TPSA) is 35.5 Å². The van der Waals surface area contributed by atoms with Crippen molar-refractivity contribution in [1.82, 2.24) is 0 Å². The molecule has 0 spiro atoms. The van der Waals surface area contributed by atoms with Crippen LogP contribution in [0.4, 0.5) is 0 Å². The lowest BCUT2D eigenvalue weighted by Crippen LogP contribution is -2.24.